The van der Waals surface area contributed by atoms with E-state index >= 15 is 0 Å². The number of halogens is 1. The number of benzene rings is 1. The van der Waals surface area contributed by atoms with Gasteiger partial charge in [0.05, 0.1) is 19.4 Å². The average molecular weight is 318 g/mol. The fraction of sp³-hybridized carbons (Fsp3) is 0.438. The third kappa shape index (κ3) is 4.35. The van der Waals surface area contributed by atoms with E-state index in [1.165, 1.54) is 12.1 Å². The number of fused-ring (bicyclic) bond motifs is 2. The van der Waals surface area contributed by atoms with Crippen LogP contribution in [-0.4, -0.2) is 34.1 Å². The fourth-order valence-corrected chi connectivity index (χ4v) is 2.60. The standard InChI is InChI=1S/C16H19FN4O2/c17-14-3-1-12(2-4-14)9-13-5-7-21-10-15(19-20-21)11-23-8-6-18-16(13)22/h1-4,10,13H,5-9,11H2,(H,18,22)/t13-/m1/s1. The maximum Gasteiger partial charge on any atom is 0.223 e. The van der Waals surface area contributed by atoms with Crippen LogP contribution in [0.15, 0.2) is 30.5 Å². The minimum absolute atomic E-state index is 0.0150. The maximum atomic E-state index is 13.0. The van der Waals surface area contributed by atoms with Crippen LogP contribution in [0.4, 0.5) is 4.39 Å². The van der Waals surface area contributed by atoms with E-state index in [1.807, 2.05) is 6.20 Å². The van der Waals surface area contributed by atoms with Gasteiger partial charge in [0.2, 0.25) is 5.91 Å². The molecule has 0 unspecified atom stereocenters. The van der Waals surface area contributed by atoms with Crippen molar-refractivity contribution in [3.05, 3.63) is 47.5 Å². The highest BCUT2D eigenvalue weighted by molar-refractivity contribution is 5.78. The van der Waals surface area contributed by atoms with E-state index < -0.39 is 0 Å². The van der Waals surface area contributed by atoms with Crippen LogP contribution in [0.25, 0.3) is 0 Å². The van der Waals surface area contributed by atoms with Crippen LogP contribution in [0.5, 0.6) is 0 Å². The number of hydrogen-bond donors (Lipinski definition) is 1. The lowest BCUT2D eigenvalue weighted by atomic mass is 9.95. The highest BCUT2D eigenvalue weighted by Gasteiger charge is 2.19. The van der Waals surface area contributed by atoms with Crippen LogP contribution in [-0.2, 0) is 29.1 Å². The molecule has 0 spiro atoms. The minimum Gasteiger partial charge on any atom is -0.373 e. The highest BCUT2D eigenvalue weighted by atomic mass is 19.1. The van der Waals surface area contributed by atoms with Crippen molar-refractivity contribution in [2.75, 3.05) is 13.2 Å². The molecule has 0 saturated carbocycles. The lowest BCUT2D eigenvalue weighted by Crippen LogP contribution is -2.35. The Balaban J connectivity index is 1.72. The van der Waals surface area contributed by atoms with E-state index in [4.69, 9.17) is 4.74 Å². The van der Waals surface area contributed by atoms with Crippen molar-refractivity contribution < 1.29 is 13.9 Å². The van der Waals surface area contributed by atoms with E-state index in [-0.39, 0.29) is 17.6 Å². The molecule has 1 aromatic heterocycles. The molecule has 1 aliphatic rings. The Labute approximate surface area is 133 Å². The first-order valence-corrected chi connectivity index (χ1v) is 7.69. The molecule has 3 rings (SSSR count). The molecule has 23 heavy (non-hydrogen) atoms. The van der Waals surface area contributed by atoms with Crippen LogP contribution in [0.1, 0.15) is 17.7 Å². The van der Waals surface area contributed by atoms with Gasteiger partial charge >= 0.3 is 0 Å². The molecule has 0 fully saturated rings. The number of carbonyl (C=O) groups is 1. The number of rotatable bonds is 2. The number of ether oxygens (including phenoxy) is 1. The number of amides is 1. The third-order valence-electron chi connectivity index (χ3n) is 3.85. The van der Waals surface area contributed by atoms with Crippen LogP contribution in [0, 0.1) is 11.7 Å². The van der Waals surface area contributed by atoms with Crippen molar-refractivity contribution >= 4 is 5.91 Å². The van der Waals surface area contributed by atoms with Crippen LogP contribution < -0.4 is 5.32 Å². The summed E-state index contributed by atoms with van der Waals surface area (Å²) in [4.78, 5) is 12.4. The van der Waals surface area contributed by atoms with E-state index in [0.29, 0.717) is 39.1 Å². The molecule has 1 N–H and O–H groups in total. The number of aromatic nitrogens is 3. The van der Waals surface area contributed by atoms with Gasteiger partial charge in [-0.1, -0.05) is 17.3 Å². The topological polar surface area (TPSA) is 69.0 Å². The first-order valence-electron chi connectivity index (χ1n) is 7.69. The SMILES string of the molecule is O=C1NCCOCc2cn(nn2)CC[C@@H]1Cc1ccc(F)cc1. The van der Waals surface area contributed by atoms with Crippen molar-refractivity contribution in [1.29, 1.82) is 0 Å². The van der Waals surface area contributed by atoms with E-state index in [9.17, 15) is 9.18 Å². The summed E-state index contributed by atoms with van der Waals surface area (Å²) in [6.45, 7) is 1.90. The molecule has 0 aliphatic carbocycles. The monoisotopic (exact) mass is 318 g/mol. The summed E-state index contributed by atoms with van der Waals surface area (Å²) in [5.41, 5.74) is 1.72. The highest BCUT2D eigenvalue weighted by Crippen LogP contribution is 2.15. The minimum atomic E-state index is -0.274. The predicted octanol–water partition coefficient (Wildman–Crippen LogP) is 1.31. The summed E-state index contributed by atoms with van der Waals surface area (Å²) < 4.78 is 20.2. The molecule has 1 amide bonds. The fourth-order valence-electron chi connectivity index (χ4n) is 2.60. The summed E-state index contributed by atoms with van der Waals surface area (Å²) in [7, 11) is 0. The number of nitrogens with zero attached hydrogens (tertiary/aromatic N) is 3. The van der Waals surface area contributed by atoms with Gasteiger partial charge < -0.3 is 10.1 Å². The summed E-state index contributed by atoms with van der Waals surface area (Å²) in [6.07, 6.45) is 3.05. The summed E-state index contributed by atoms with van der Waals surface area (Å²) in [6, 6.07) is 6.27. The zero-order valence-corrected chi connectivity index (χ0v) is 12.7. The Morgan fingerprint density at radius 1 is 1.35 bits per heavy atom. The summed E-state index contributed by atoms with van der Waals surface area (Å²) in [5, 5.41) is 11.0. The molecule has 2 bridgehead atoms. The maximum absolute atomic E-state index is 13.0. The molecule has 1 atom stereocenters. The number of nitrogens with one attached hydrogen (secondary N) is 1. The second kappa shape index (κ2) is 7.32. The van der Waals surface area contributed by atoms with Gasteiger partial charge in [0.1, 0.15) is 11.5 Å². The van der Waals surface area contributed by atoms with Gasteiger partial charge in [-0.25, -0.2) is 4.39 Å². The Morgan fingerprint density at radius 3 is 3.00 bits per heavy atom. The van der Waals surface area contributed by atoms with Gasteiger partial charge in [0, 0.05) is 19.0 Å². The molecule has 6 nitrogen and oxygen atoms in total. The van der Waals surface area contributed by atoms with Crippen molar-refractivity contribution in [3.63, 3.8) is 0 Å². The van der Waals surface area contributed by atoms with Gasteiger partial charge in [-0.2, -0.15) is 0 Å². The zero-order valence-electron chi connectivity index (χ0n) is 12.7. The van der Waals surface area contributed by atoms with Crippen molar-refractivity contribution in [1.82, 2.24) is 20.3 Å². The molecule has 2 aromatic rings. The van der Waals surface area contributed by atoms with Crippen molar-refractivity contribution in [2.24, 2.45) is 5.92 Å². The lowest BCUT2D eigenvalue weighted by Gasteiger charge is -2.17. The molecule has 0 saturated heterocycles. The molecule has 122 valence electrons. The molecule has 1 aliphatic heterocycles. The Morgan fingerprint density at radius 2 is 2.17 bits per heavy atom. The van der Waals surface area contributed by atoms with Crippen LogP contribution >= 0.6 is 0 Å². The quantitative estimate of drug-likeness (QED) is 0.906. The Kier molecular flexibility index (Phi) is 4.97. The first-order chi connectivity index (χ1) is 11.2. The van der Waals surface area contributed by atoms with E-state index in [1.54, 1.807) is 16.8 Å². The van der Waals surface area contributed by atoms with Gasteiger partial charge in [0.15, 0.2) is 0 Å². The van der Waals surface area contributed by atoms with Gasteiger partial charge in [-0.05, 0) is 30.5 Å². The molecular formula is C16H19FN4O2. The lowest BCUT2D eigenvalue weighted by molar-refractivity contribution is -0.125. The zero-order chi connectivity index (χ0) is 16.1. The Hall–Kier alpha value is -2.28. The predicted molar refractivity (Wildman–Crippen MR) is 80.9 cm³/mol. The number of carbonyl (C=O) groups excluding carboxylic acids is 1. The van der Waals surface area contributed by atoms with Crippen molar-refractivity contribution in [2.45, 2.75) is 26.0 Å². The Bertz CT molecular complexity index is 656. The van der Waals surface area contributed by atoms with E-state index in [2.05, 4.69) is 15.6 Å². The molecular weight excluding hydrogens is 299 g/mol. The summed E-state index contributed by atoms with van der Waals surface area (Å²) >= 11 is 0. The number of aryl methyl sites for hydroxylation is 1. The van der Waals surface area contributed by atoms with Gasteiger partial charge in [0.25, 0.3) is 0 Å². The summed E-state index contributed by atoms with van der Waals surface area (Å²) in [5.74, 6) is -0.490. The smallest absolute Gasteiger partial charge is 0.223 e. The first kappa shape index (κ1) is 15.6. The van der Waals surface area contributed by atoms with Crippen LogP contribution in [0.3, 0.4) is 0 Å². The van der Waals surface area contributed by atoms with E-state index in [0.717, 1.165) is 11.3 Å². The molecule has 7 heteroatoms. The molecule has 0 radical (unpaired) electrons. The van der Waals surface area contributed by atoms with Gasteiger partial charge in [-0.3, -0.25) is 9.48 Å². The van der Waals surface area contributed by atoms with Crippen LogP contribution in [0.2, 0.25) is 0 Å². The van der Waals surface area contributed by atoms with Crippen molar-refractivity contribution in [3.8, 4) is 0 Å². The van der Waals surface area contributed by atoms with Gasteiger partial charge in [-0.15, -0.1) is 5.10 Å². The molecule has 2 heterocycles. The molecule has 1 aromatic carbocycles. The second-order valence-electron chi connectivity index (χ2n) is 5.63. The number of hydrogen-bond acceptors (Lipinski definition) is 4. The second-order valence-corrected chi connectivity index (χ2v) is 5.63. The normalized spacial score (nSPS) is 19.5. The third-order valence-corrected chi connectivity index (χ3v) is 3.85. The average Bonchev–Trinajstić information content (AvgIpc) is 3.00. The largest absolute Gasteiger partial charge is 0.373 e.